The van der Waals surface area contributed by atoms with Crippen LogP contribution in [0.5, 0.6) is 0 Å². The van der Waals surface area contributed by atoms with Gasteiger partial charge in [-0.25, -0.2) is 0 Å². The number of para-hydroxylation sites is 1. The molecule has 120 valence electrons. The highest BCUT2D eigenvalue weighted by atomic mass is 16.1. The van der Waals surface area contributed by atoms with Crippen LogP contribution in [0.15, 0.2) is 36.4 Å². The minimum Gasteiger partial charge on any atom is -0.357 e. The molecule has 2 aliphatic heterocycles. The number of aromatic nitrogens is 1. The first-order valence-electron chi connectivity index (χ1n) is 8.77. The maximum atomic E-state index is 10.7. The molecule has 3 atom stereocenters. The zero-order valence-electron chi connectivity index (χ0n) is 13.7. The summed E-state index contributed by atoms with van der Waals surface area (Å²) >= 11 is 0. The molecule has 1 aromatic heterocycles. The van der Waals surface area contributed by atoms with Crippen LogP contribution in [0.4, 0.5) is 0 Å². The number of carbonyl (C=O) groups excluding carboxylic acids is 1. The average molecular weight is 308 g/mol. The molecule has 3 nitrogen and oxygen atoms in total. The SMILES string of the molecule is CC[C@H]1CN2CCc3c([nH]c4ccccc34)[C@H]2C[C@@H]1/C=C/C=O. The number of fused-ring (bicyclic) bond motifs is 5. The quantitative estimate of drug-likeness (QED) is 0.690. The number of H-pyrrole nitrogens is 1. The fraction of sp³-hybridized carbons (Fsp3) is 0.450. The Morgan fingerprint density at radius 3 is 3.04 bits per heavy atom. The molecule has 3 heteroatoms. The number of nitrogens with one attached hydrogen (secondary N) is 1. The third-order valence-electron chi connectivity index (χ3n) is 5.80. The molecular weight excluding hydrogens is 284 g/mol. The van der Waals surface area contributed by atoms with Gasteiger partial charge < -0.3 is 4.98 Å². The minimum absolute atomic E-state index is 0.468. The van der Waals surface area contributed by atoms with Crippen LogP contribution in [0.25, 0.3) is 10.9 Å². The predicted molar refractivity (Wildman–Crippen MR) is 93.4 cm³/mol. The van der Waals surface area contributed by atoms with E-state index in [9.17, 15) is 4.79 Å². The van der Waals surface area contributed by atoms with Crippen LogP contribution in [0.3, 0.4) is 0 Å². The number of nitrogens with zero attached hydrogens (tertiary/aromatic N) is 1. The van der Waals surface area contributed by atoms with E-state index < -0.39 is 0 Å². The number of rotatable bonds is 3. The van der Waals surface area contributed by atoms with Crippen molar-refractivity contribution in [3.8, 4) is 0 Å². The van der Waals surface area contributed by atoms with Gasteiger partial charge in [-0.3, -0.25) is 9.69 Å². The first-order valence-corrected chi connectivity index (χ1v) is 8.77. The van der Waals surface area contributed by atoms with Crippen molar-refractivity contribution in [3.05, 3.63) is 47.7 Å². The number of hydrogen-bond acceptors (Lipinski definition) is 2. The van der Waals surface area contributed by atoms with Gasteiger partial charge in [0.25, 0.3) is 0 Å². The van der Waals surface area contributed by atoms with Crippen LogP contribution in [-0.4, -0.2) is 29.3 Å². The van der Waals surface area contributed by atoms with Crippen molar-refractivity contribution in [1.29, 1.82) is 0 Å². The topological polar surface area (TPSA) is 36.1 Å². The minimum atomic E-state index is 0.468. The van der Waals surface area contributed by atoms with Crippen molar-refractivity contribution in [2.24, 2.45) is 11.8 Å². The Hall–Kier alpha value is -1.87. The van der Waals surface area contributed by atoms with Gasteiger partial charge in [0.15, 0.2) is 0 Å². The molecule has 1 N–H and O–H groups in total. The second-order valence-corrected chi connectivity index (χ2v) is 6.91. The predicted octanol–water partition coefficient (Wildman–Crippen LogP) is 3.87. The van der Waals surface area contributed by atoms with E-state index in [1.54, 1.807) is 6.08 Å². The van der Waals surface area contributed by atoms with Gasteiger partial charge in [0.2, 0.25) is 0 Å². The van der Waals surface area contributed by atoms with E-state index in [4.69, 9.17) is 0 Å². The summed E-state index contributed by atoms with van der Waals surface area (Å²) in [5.41, 5.74) is 4.18. The number of carbonyl (C=O) groups is 1. The zero-order valence-corrected chi connectivity index (χ0v) is 13.7. The fourth-order valence-corrected chi connectivity index (χ4v) is 4.60. The Kier molecular flexibility index (Phi) is 3.82. The summed E-state index contributed by atoms with van der Waals surface area (Å²) in [5, 5.41) is 1.39. The first-order chi connectivity index (χ1) is 11.3. The molecule has 2 aromatic rings. The Labute approximate surface area is 137 Å². The maximum Gasteiger partial charge on any atom is 0.142 e. The lowest BCUT2D eigenvalue weighted by Gasteiger charge is -2.45. The van der Waals surface area contributed by atoms with Gasteiger partial charge in [-0.2, -0.15) is 0 Å². The van der Waals surface area contributed by atoms with Crippen molar-refractivity contribution in [2.45, 2.75) is 32.2 Å². The van der Waals surface area contributed by atoms with Crippen molar-refractivity contribution in [2.75, 3.05) is 13.1 Å². The van der Waals surface area contributed by atoms with Crippen LogP contribution in [0.1, 0.15) is 37.1 Å². The molecule has 23 heavy (non-hydrogen) atoms. The Morgan fingerprint density at radius 2 is 2.22 bits per heavy atom. The van der Waals surface area contributed by atoms with E-state index in [2.05, 4.69) is 47.1 Å². The Balaban J connectivity index is 1.71. The molecule has 0 saturated carbocycles. The molecule has 0 spiro atoms. The van der Waals surface area contributed by atoms with E-state index in [1.165, 1.54) is 28.6 Å². The van der Waals surface area contributed by atoms with Gasteiger partial charge >= 0.3 is 0 Å². The highest BCUT2D eigenvalue weighted by molar-refractivity contribution is 5.85. The molecule has 4 rings (SSSR count). The molecule has 0 unspecified atom stereocenters. The first kappa shape index (κ1) is 14.7. The standard InChI is InChI=1S/C20H24N2O/c1-2-14-13-22-10-9-17-16-7-3-4-8-18(16)21-20(17)19(22)12-15(14)6-5-11-23/h3-8,11,14-15,19,21H,2,9-10,12-13H2,1H3/b6-5+/t14-,15-,19+/m0/s1. The van der Waals surface area contributed by atoms with Crippen molar-refractivity contribution in [3.63, 3.8) is 0 Å². The highest BCUT2D eigenvalue weighted by Crippen LogP contribution is 2.43. The molecule has 3 heterocycles. The summed E-state index contributed by atoms with van der Waals surface area (Å²) in [6, 6.07) is 9.12. The van der Waals surface area contributed by atoms with Crippen LogP contribution < -0.4 is 0 Å². The third-order valence-corrected chi connectivity index (χ3v) is 5.80. The molecule has 0 bridgehead atoms. The molecule has 0 aliphatic carbocycles. The van der Waals surface area contributed by atoms with E-state index >= 15 is 0 Å². The van der Waals surface area contributed by atoms with E-state index in [-0.39, 0.29) is 0 Å². The lowest BCUT2D eigenvalue weighted by atomic mass is 9.77. The smallest absolute Gasteiger partial charge is 0.142 e. The van der Waals surface area contributed by atoms with Gasteiger partial charge in [0, 0.05) is 29.7 Å². The van der Waals surface area contributed by atoms with E-state index in [0.717, 1.165) is 32.2 Å². The van der Waals surface area contributed by atoms with Crippen molar-refractivity contribution < 1.29 is 4.79 Å². The normalized spacial score (nSPS) is 28.0. The van der Waals surface area contributed by atoms with Crippen molar-refractivity contribution in [1.82, 2.24) is 9.88 Å². The molecule has 1 aromatic carbocycles. The van der Waals surface area contributed by atoms with E-state index in [0.29, 0.717) is 17.9 Å². The molecule has 1 saturated heterocycles. The number of aldehydes is 1. The maximum absolute atomic E-state index is 10.7. The number of aromatic amines is 1. The van der Waals surface area contributed by atoms with Crippen LogP contribution in [0.2, 0.25) is 0 Å². The summed E-state index contributed by atoms with van der Waals surface area (Å²) < 4.78 is 0. The van der Waals surface area contributed by atoms with Gasteiger partial charge in [-0.1, -0.05) is 37.6 Å². The zero-order chi connectivity index (χ0) is 15.8. The molecular formula is C20H24N2O. The fourth-order valence-electron chi connectivity index (χ4n) is 4.60. The van der Waals surface area contributed by atoms with Crippen molar-refractivity contribution >= 4 is 17.2 Å². The van der Waals surface area contributed by atoms with Crippen LogP contribution in [0, 0.1) is 11.8 Å². The summed E-state index contributed by atoms with van der Waals surface area (Å²) in [6.07, 6.45) is 8.17. The molecule has 0 radical (unpaired) electrons. The number of piperidine rings is 1. The van der Waals surface area contributed by atoms with Gasteiger partial charge in [0.05, 0.1) is 6.04 Å². The lowest BCUT2D eigenvalue weighted by Crippen LogP contribution is -2.45. The van der Waals surface area contributed by atoms with Gasteiger partial charge in [0.1, 0.15) is 6.29 Å². The third kappa shape index (κ3) is 2.43. The average Bonchev–Trinajstić information content (AvgIpc) is 2.98. The number of hydrogen-bond donors (Lipinski definition) is 1. The summed E-state index contributed by atoms with van der Waals surface area (Å²) in [7, 11) is 0. The van der Waals surface area contributed by atoms with E-state index in [1.807, 2.05) is 0 Å². The second kappa shape index (κ2) is 5.97. The molecule has 2 aliphatic rings. The van der Waals surface area contributed by atoms with Crippen LogP contribution >= 0.6 is 0 Å². The Bertz CT molecular complexity index is 745. The lowest BCUT2D eigenvalue weighted by molar-refractivity contribution is -0.104. The second-order valence-electron chi connectivity index (χ2n) is 6.91. The summed E-state index contributed by atoms with van der Waals surface area (Å²) in [5.74, 6) is 1.16. The molecule has 0 amide bonds. The summed E-state index contributed by atoms with van der Waals surface area (Å²) in [4.78, 5) is 17.1. The Morgan fingerprint density at radius 1 is 1.35 bits per heavy atom. The summed E-state index contributed by atoms with van der Waals surface area (Å²) in [6.45, 7) is 4.56. The molecule has 1 fully saturated rings. The number of allylic oxidation sites excluding steroid dienone is 2. The highest BCUT2D eigenvalue weighted by Gasteiger charge is 2.38. The monoisotopic (exact) mass is 308 g/mol. The van der Waals surface area contributed by atoms with Gasteiger partial charge in [-0.15, -0.1) is 0 Å². The van der Waals surface area contributed by atoms with Gasteiger partial charge in [-0.05, 0) is 42.4 Å². The number of benzene rings is 1. The van der Waals surface area contributed by atoms with Crippen LogP contribution in [-0.2, 0) is 11.2 Å². The largest absolute Gasteiger partial charge is 0.357 e.